The average molecular weight is 266 g/mol. The van der Waals surface area contributed by atoms with Crippen molar-refractivity contribution in [3.05, 3.63) is 23.3 Å². The van der Waals surface area contributed by atoms with Crippen LogP contribution >= 0.6 is 0 Å². The van der Waals surface area contributed by atoms with Gasteiger partial charge in [-0.25, -0.2) is 0 Å². The summed E-state index contributed by atoms with van der Waals surface area (Å²) >= 11 is 0. The summed E-state index contributed by atoms with van der Waals surface area (Å²) in [5.74, 6) is 0.530. The second kappa shape index (κ2) is 10.8. The lowest BCUT2D eigenvalue weighted by atomic mass is 10.0. The molecule has 0 saturated carbocycles. The largest absolute Gasteiger partial charge is 0.461 e. The molecule has 1 atom stereocenters. The molecule has 0 bridgehead atoms. The van der Waals surface area contributed by atoms with Crippen molar-refractivity contribution < 1.29 is 9.53 Å². The highest BCUT2D eigenvalue weighted by Crippen LogP contribution is 2.10. The van der Waals surface area contributed by atoms with Gasteiger partial charge in [-0.15, -0.1) is 0 Å². The zero-order valence-corrected chi connectivity index (χ0v) is 13.3. The van der Waals surface area contributed by atoms with Gasteiger partial charge in [-0.3, -0.25) is 4.79 Å². The molecule has 2 heteroatoms. The number of carbonyl (C=O) groups excluding carboxylic acids is 1. The molecule has 0 aliphatic rings. The van der Waals surface area contributed by atoms with E-state index < -0.39 is 0 Å². The van der Waals surface area contributed by atoms with Crippen LogP contribution in [0.3, 0.4) is 0 Å². The van der Waals surface area contributed by atoms with Gasteiger partial charge in [-0.2, -0.15) is 0 Å². The van der Waals surface area contributed by atoms with Crippen LogP contribution in [-0.2, 0) is 9.53 Å². The van der Waals surface area contributed by atoms with Gasteiger partial charge in [-0.1, -0.05) is 37.5 Å². The summed E-state index contributed by atoms with van der Waals surface area (Å²) in [4.78, 5) is 11.5. The zero-order chi connectivity index (χ0) is 14.7. The number of esters is 1. The molecule has 0 aromatic rings. The molecule has 0 heterocycles. The van der Waals surface area contributed by atoms with Crippen molar-refractivity contribution in [2.75, 3.05) is 6.61 Å². The van der Waals surface area contributed by atoms with Crippen LogP contribution in [0.25, 0.3) is 0 Å². The van der Waals surface area contributed by atoms with Gasteiger partial charge in [0.1, 0.15) is 6.61 Å². The van der Waals surface area contributed by atoms with Crippen molar-refractivity contribution in [2.45, 2.75) is 66.7 Å². The first-order valence-electron chi connectivity index (χ1n) is 7.40. The Bertz CT molecular complexity index is 309. The quantitative estimate of drug-likeness (QED) is 0.431. The van der Waals surface area contributed by atoms with Crippen molar-refractivity contribution in [3.63, 3.8) is 0 Å². The van der Waals surface area contributed by atoms with Gasteiger partial charge in [0, 0.05) is 6.42 Å². The van der Waals surface area contributed by atoms with Crippen LogP contribution in [0.15, 0.2) is 23.3 Å². The normalized spacial score (nSPS) is 13.0. The number of hydrogen-bond acceptors (Lipinski definition) is 2. The van der Waals surface area contributed by atoms with E-state index in [0.29, 0.717) is 18.9 Å². The van der Waals surface area contributed by atoms with Crippen molar-refractivity contribution in [1.29, 1.82) is 0 Å². The Morgan fingerprint density at radius 2 is 1.84 bits per heavy atom. The van der Waals surface area contributed by atoms with Gasteiger partial charge >= 0.3 is 5.97 Å². The third-order valence-corrected chi connectivity index (χ3v) is 3.31. The van der Waals surface area contributed by atoms with Crippen LogP contribution in [0, 0.1) is 5.92 Å². The molecule has 2 nitrogen and oxygen atoms in total. The topological polar surface area (TPSA) is 26.3 Å². The molecule has 0 saturated heterocycles. The molecule has 0 aromatic carbocycles. The van der Waals surface area contributed by atoms with Crippen LogP contribution in [0.2, 0.25) is 0 Å². The Labute approximate surface area is 118 Å². The van der Waals surface area contributed by atoms with Crippen molar-refractivity contribution in [1.82, 2.24) is 0 Å². The minimum atomic E-state index is -0.0753. The van der Waals surface area contributed by atoms with Crippen molar-refractivity contribution in [2.24, 2.45) is 5.92 Å². The monoisotopic (exact) mass is 266 g/mol. The maximum Gasteiger partial charge on any atom is 0.306 e. The highest BCUT2D eigenvalue weighted by molar-refractivity contribution is 5.69. The predicted molar refractivity (Wildman–Crippen MR) is 82.1 cm³/mol. The molecule has 0 aromatic heterocycles. The first-order chi connectivity index (χ1) is 8.95. The number of carbonyl (C=O) groups is 1. The van der Waals surface area contributed by atoms with Crippen molar-refractivity contribution >= 4 is 5.97 Å². The molecular weight excluding hydrogens is 236 g/mol. The van der Waals surface area contributed by atoms with Crippen LogP contribution in [0.1, 0.15) is 66.7 Å². The Morgan fingerprint density at radius 1 is 1.16 bits per heavy atom. The van der Waals surface area contributed by atoms with Crippen LogP contribution in [-0.4, -0.2) is 12.6 Å². The lowest BCUT2D eigenvalue weighted by molar-refractivity contribution is -0.142. The summed E-state index contributed by atoms with van der Waals surface area (Å²) < 4.78 is 5.20. The van der Waals surface area contributed by atoms with E-state index >= 15 is 0 Å². The molecule has 0 spiro atoms. The first-order valence-corrected chi connectivity index (χ1v) is 7.40. The smallest absolute Gasteiger partial charge is 0.306 e. The fraction of sp³-hybridized carbons (Fsp3) is 0.706. The maximum atomic E-state index is 11.5. The standard InChI is InChI=1S/C17H30O2/c1-6-15(4)10-11-17(18)19-13-12-16(5)9-7-8-14(2)3/h8,12,15H,6-7,9-11,13H2,1-5H3/b16-12-. The average Bonchev–Trinajstić information content (AvgIpc) is 2.35. The minimum Gasteiger partial charge on any atom is -0.461 e. The molecule has 0 radical (unpaired) electrons. The minimum absolute atomic E-state index is 0.0753. The molecule has 0 N–H and O–H groups in total. The van der Waals surface area contributed by atoms with Gasteiger partial charge in [0.25, 0.3) is 0 Å². The predicted octanol–water partition coefficient (Wildman–Crippen LogP) is 5.05. The Hall–Kier alpha value is -1.05. The fourth-order valence-corrected chi connectivity index (χ4v) is 1.61. The molecule has 1 unspecified atom stereocenters. The highest BCUT2D eigenvalue weighted by atomic mass is 16.5. The van der Waals surface area contributed by atoms with Gasteiger partial charge < -0.3 is 4.74 Å². The Balaban J connectivity index is 3.75. The van der Waals surface area contributed by atoms with Gasteiger partial charge in [0.15, 0.2) is 0 Å². The Kier molecular flexibility index (Phi) is 10.2. The number of allylic oxidation sites excluding steroid dienone is 3. The molecule has 110 valence electrons. The molecule has 0 fully saturated rings. The summed E-state index contributed by atoms with van der Waals surface area (Å²) in [6, 6.07) is 0. The molecular formula is C17H30O2. The summed E-state index contributed by atoms with van der Waals surface area (Å²) in [6.07, 6.45) is 8.94. The Morgan fingerprint density at radius 3 is 2.42 bits per heavy atom. The fourth-order valence-electron chi connectivity index (χ4n) is 1.61. The summed E-state index contributed by atoms with van der Waals surface area (Å²) in [6.45, 7) is 11.0. The van der Waals surface area contributed by atoms with E-state index in [1.807, 2.05) is 6.08 Å². The van der Waals surface area contributed by atoms with Crippen LogP contribution in [0.5, 0.6) is 0 Å². The summed E-state index contributed by atoms with van der Waals surface area (Å²) in [5, 5.41) is 0. The van der Waals surface area contributed by atoms with E-state index in [1.165, 1.54) is 11.1 Å². The van der Waals surface area contributed by atoms with Gasteiger partial charge in [-0.05, 0) is 52.0 Å². The lowest BCUT2D eigenvalue weighted by Gasteiger charge is -2.07. The van der Waals surface area contributed by atoms with E-state index in [4.69, 9.17) is 4.74 Å². The zero-order valence-electron chi connectivity index (χ0n) is 13.3. The molecule has 0 aliphatic carbocycles. The number of rotatable bonds is 9. The second-order valence-electron chi connectivity index (χ2n) is 5.61. The van der Waals surface area contributed by atoms with Crippen LogP contribution < -0.4 is 0 Å². The second-order valence-corrected chi connectivity index (χ2v) is 5.61. The van der Waals surface area contributed by atoms with Crippen LogP contribution in [0.4, 0.5) is 0 Å². The molecule has 0 aliphatic heterocycles. The van der Waals surface area contributed by atoms with Crippen molar-refractivity contribution in [3.8, 4) is 0 Å². The van der Waals surface area contributed by atoms with E-state index in [9.17, 15) is 4.79 Å². The lowest BCUT2D eigenvalue weighted by Crippen LogP contribution is -2.06. The van der Waals surface area contributed by atoms with E-state index in [2.05, 4.69) is 40.7 Å². The number of hydrogen-bond donors (Lipinski definition) is 0. The third kappa shape index (κ3) is 11.8. The molecule has 0 rings (SSSR count). The van der Waals surface area contributed by atoms with E-state index in [0.717, 1.165) is 25.7 Å². The third-order valence-electron chi connectivity index (χ3n) is 3.31. The van der Waals surface area contributed by atoms with Gasteiger partial charge in [0.05, 0.1) is 0 Å². The summed E-state index contributed by atoms with van der Waals surface area (Å²) in [5.41, 5.74) is 2.64. The SMILES string of the molecule is CCC(C)CCC(=O)OC/C=C(/C)CCC=C(C)C. The van der Waals surface area contributed by atoms with E-state index in [1.54, 1.807) is 0 Å². The highest BCUT2D eigenvalue weighted by Gasteiger charge is 2.05. The number of ether oxygens (including phenoxy) is 1. The van der Waals surface area contributed by atoms with Gasteiger partial charge in [0.2, 0.25) is 0 Å². The molecule has 19 heavy (non-hydrogen) atoms. The molecule has 0 amide bonds. The first kappa shape index (κ1) is 17.9. The summed E-state index contributed by atoms with van der Waals surface area (Å²) in [7, 11) is 0. The van der Waals surface area contributed by atoms with E-state index in [-0.39, 0.29) is 5.97 Å². The maximum absolute atomic E-state index is 11.5.